The second-order valence-corrected chi connectivity index (χ2v) is 7.32. The maximum atomic E-state index is 12.4. The van der Waals surface area contributed by atoms with Crippen molar-refractivity contribution >= 4 is 22.6 Å². The number of hydrogen-bond donors (Lipinski definition) is 1. The molecule has 3 nitrogen and oxygen atoms in total. The average molecular weight is 321 g/mol. The number of nitrogens with one attached hydrogen (secondary N) is 1. The Hall–Kier alpha value is -2.55. The van der Waals surface area contributed by atoms with Crippen molar-refractivity contribution in [1.29, 1.82) is 0 Å². The summed E-state index contributed by atoms with van der Waals surface area (Å²) in [7, 11) is 0. The van der Waals surface area contributed by atoms with Crippen molar-refractivity contribution in [3.8, 4) is 0 Å². The molecule has 0 aliphatic heterocycles. The van der Waals surface area contributed by atoms with Crippen LogP contribution in [0, 0.1) is 6.92 Å². The minimum Gasteiger partial charge on any atom is -0.464 e. The maximum Gasteiger partial charge on any atom is 0.228 e. The molecular weight excluding hydrogens is 298 g/mol. The summed E-state index contributed by atoms with van der Waals surface area (Å²) in [5.74, 6) is -0.0375. The first-order chi connectivity index (χ1) is 11.3. The molecule has 3 heteroatoms. The highest BCUT2D eigenvalue weighted by atomic mass is 16.3. The highest BCUT2D eigenvalue weighted by Gasteiger charge is 2.17. The normalized spacial score (nSPS) is 11.7. The lowest BCUT2D eigenvalue weighted by Crippen LogP contribution is -2.14. The molecule has 1 aromatic heterocycles. The number of fused-ring (bicyclic) bond motifs is 1. The molecule has 3 aromatic rings. The Labute approximate surface area is 142 Å². The van der Waals surface area contributed by atoms with E-state index in [9.17, 15) is 4.79 Å². The molecule has 1 amide bonds. The molecule has 1 N–H and O–H groups in total. The van der Waals surface area contributed by atoms with E-state index in [0.29, 0.717) is 6.42 Å². The summed E-state index contributed by atoms with van der Waals surface area (Å²) >= 11 is 0. The van der Waals surface area contributed by atoms with E-state index >= 15 is 0 Å². The highest BCUT2D eigenvalue weighted by molar-refractivity contribution is 5.95. The summed E-state index contributed by atoms with van der Waals surface area (Å²) in [6.45, 7) is 8.54. The van der Waals surface area contributed by atoms with E-state index in [1.54, 1.807) is 6.26 Å². The van der Waals surface area contributed by atoms with Crippen LogP contribution in [0.2, 0.25) is 0 Å². The number of rotatable bonds is 3. The van der Waals surface area contributed by atoms with E-state index in [1.165, 1.54) is 5.56 Å². The quantitative estimate of drug-likeness (QED) is 0.718. The number of amides is 1. The van der Waals surface area contributed by atoms with Crippen LogP contribution in [0.1, 0.15) is 37.5 Å². The molecule has 0 saturated heterocycles. The van der Waals surface area contributed by atoms with Crippen LogP contribution in [0.15, 0.2) is 53.1 Å². The van der Waals surface area contributed by atoms with Gasteiger partial charge in [0.1, 0.15) is 5.58 Å². The van der Waals surface area contributed by atoms with Crippen LogP contribution in [-0.4, -0.2) is 5.91 Å². The molecule has 3 rings (SSSR count). The molecule has 2 aromatic carbocycles. The number of anilines is 1. The van der Waals surface area contributed by atoms with Crippen LogP contribution in [0.4, 0.5) is 5.69 Å². The maximum absolute atomic E-state index is 12.4. The lowest BCUT2D eigenvalue weighted by atomic mass is 9.86. The Morgan fingerprint density at radius 1 is 1.12 bits per heavy atom. The number of carbonyl (C=O) groups excluding carboxylic acids is 1. The molecular formula is C21H23NO2. The van der Waals surface area contributed by atoms with E-state index in [1.807, 2.05) is 37.3 Å². The van der Waals surface area contributed by atoms with E-state index in [4.69, 9.17) is 4.42 Å². The van der Waals surface area contributed by atoms with Gasteiger partial charge in [0.2, 0.25) is 5.91 Å². The lowest BCUT2D eigenvalue weighted by molar-refractivity contribution is -0.115. The number of furan rings is 1. The second-order valence-electron chi connectivity index (χ2n) is 7.32. The molecule has 0 bridgehead atoms. The van der Waals surface area contributed by atoms with Gasteiger partial charge >= 0.3 is 0 Å². The Balaban J connectivity index is 1.83. The van der Waals surface area contributed by atoms with Crippen LogP contribution in [0.25, 0.3) is 11.0 Å². The third kappa shape index (κ3) is 3.51. The van der Waals surface area contributed by atoms with Gasteiger partial charge in [-0.2, -0.15) is 0 Å². The summed E-state index contributed by atoms with van der Waals surface area (Å²) < 4.78 is 5.61. The molecule has 0 aliphatic carbocycles. The summed E-state index contributed by atoms with van der Waals surface area (Å²) in [6, 6.07) is 14.0. The van der Waals surface area contributed by atoms with Crippen molar-refractivity contribution in [1.82, 2.24) is 0 Å². The van der Waals surface area contributed by atoms with E-state index in [0.717, 1.165) is 27.8 Å². The third-order valence-corrected chi connectivity index (χ3v) is 4.17. The zero-order valence-corrected chi connectivity index (χ0v) is 14.6. The van der Waals surface area contributed by atoms with Gasteiger partial charge in [0.25, 0.3) is 0 Å². The van der Waals surface area contributed by atoms with Gasteiger partial charge in [0, 0.05) is 16.6 Å². The average Bonchev–Trinajstić information content (AvgIpc) is 2.88. The van der Waals surface area contributed by atoms with Gasteiger partial charge in [-0.3, -0.25) is 4.79 Å². The molecule has 124 valence electrons. The number of hydrogen-bond acceptors (Lipinski definition) is 2. The number of aryl methyl sites for hydroxylation is 1. The molecule has 0 unspecified atom stereocenters. The van der Waals surface area contributed by atoms with Gasteiger partial charge in [0.05, 0.1) is 12.7 Å². The molecule has 0 spiro atoms. The largest absolute Gasteiger partial charge is 0.464 e. The first-order valence-electron chi connectivity index (χ1n) is 8.20. The fourth-order valence-electron chi connectivity index (χ4n) is 2.79. The third-order valence-electron chi connectivity index (χ3n) is 4.17. The zero-order chi connectivity index (χ0) is 17.3. The van der Waals surface area contributed by atoms with Crippen LogP contribution in [0.5, 0.6) is 0 Å². The van der Waals surface area contributed by atoms with Gasteiger partial charge in [-0.1, -0.05) is 39.0 Å². The van der Waals surface area contributed by atoms with Crippen LogP contribution in [-0.2, 0) is 16.6 Å². The standard InChI is InChI=1S/C21H23NO2/c1-14-6-5-7-17(10-14)22-20(23)11-15-13-24-19-9-8-16(12-18(15)19)21(2,3)4/h5-10,12-13H,11H2,1-4H3,(H,22,23). The van der Waals surface area contributed by atoms with Gasteiger partial charge < -0.3 is 9.73 Å². The smallest absolute Gasteiger partial charge is 0.228 e. The molecule has 0 radical (unpaired) electrons. The SMILES string of the molecule is Cc1cccc(NC(=O)Cc2coc3ccc(C(C)(C)C)cc23)c1. The Kier molecular flexibility index (Phi) is 4.18. The monoisotopic (exact) mass is 321 g/mol. The molecule has 24 heavy (non-hydrogen) atoms. The van der Waals surface area contributed by atoms with Crippen molar-refractivity contribution < 1.29 is 9.21 Å². The van der Waals surface area contributed by atoms with Crippen molar-refractivity contribution in [2.45, 2.75) is 39.5 Å². The Bertz CT molecular complexity index is 884. The first kappa shape index (κ1) is 16.3. The predicted molar refractivity (Wildman–Crippen MR) is 98.4 cm³/mol. The highest BCUT2D eigenvalue weighted by Crippen LogP contribution is 2.29. The summed E-state index contributed by atoms with van der Waals surface area (Å²) in [5, 5.41) is 3.97. The first-order valence-corrected chi connectivity index (χ1v) is 8.20. The van der Waals surface area contributed by atoms with Crippen molar-refractivity contribution in [3.63, 3.8) is 0 Å². The van der Waals surface area contributed by atoms with Gasteiger partial charge in [-0.05, 0) is 47.7 Å². The van der Waals surface area contributed by atoms with Crippen LogP contribution < -0.4 is 5.32 Å². The van der Waals surface area contributed by atoms with Crippen molar-refractivity contribution in [3.05, 3.63) is 65.4 Å². The lowest BCUT2D eigenvalue weighted by Gasteiger charge is -2.18. The number of benzene rings is 2. The predicted octanol–water partition coefficient (Wildman–Crippen LogP) is 5.22. The molecule has 0 atom stereocenters. The molecule has 0 aliphatic rings. The van der Waals surface area contributed by atoms with E-state index in [-0.39, 0.29) is 11.3 Å². The van der Waals surface area contributed by atoms with E-state index in [2.05, 4.69) is 38.2 Å². The summed E-state index contributed by atoms with van der Waals surface area (Å²) in [4.78, 5) is 12.4. The molecule has 0 fully saturated rings. The van der Waals surface area contributed by atoms with Gasteiger partial charge in [-0.25, -0.2) is 0 Å². The van der Waals surface area contributed by atoms with Crippen LogP contribution in [0.3, 0.4) is 0 Å². The minimum atomic E-state index is -0.0375. The Morgan fingerprint density at radius 2 is 1.92 bits per heavy atom. The molecule has 0 saturated carbocycles. The van der Waals surface area contributed by atoms with Crippen molar-refractivity contribution in [2.75, 3.05) is 5.32 Å². The Morgan fingerprint density at radius 3 is 2.62 bits per heavy atom. The van der Waals surface area contributed by atoms with Gasteiger partial charge in [-0.15, -0.1) is 0 Å². The van der Waals surface area contributed by atoms with Crippen molar-refractivity contribution in [2.24, 2.45) is 0 Å². The number of carbonyl (C=O) groups is 1. The fourth-order valence-corrected chi connectivity index (χ4v) is 2.79. The second kappa shape index (κ2) is 6.16. The summed E-state index contributed by atoms with van der Waals surface area (Å²) in [6.07, 6.45) is 1.99. The topological polar surface area (TPSA) is 42.2 Å². The van der Waals surface area contributed by atoms with E-state index < -0.39 is 0 Å². The van der Waals surface area contributed by atoms with Crippen LogP contribution >= 0.6 is 0 Å². The minimum absolute atomic E-state index is 0.0375. The van der Waals surface area contributed by atoms with Gasteiger partial charge in [0.15, 0.2) is 0 Å². The fraction of sp³-hybridized carbons (Fsp3) is 0.286. The molecule has 1 heterocycles. The zero-order valence-electron chi connectivity index (χ0n) is 14.6. The summed E-state index contributed by atoms with van der Waals surface area (Å²) in [5.41, 5.74) is 4.98.